The number of anilines is 1. The van der Waals surface area contributed by atoms with Crippen molar-refractivity contribution in [3.05, 3.63) is 75.7 Å². The van der Waals surface area contributed by atoms with E-state index in [-0.39, 0.29) is 11.4 Å². The van der Waals surface area contributed by atoms with Crippen LogP contribution in [0.4, 0.5) is 11.4 Å². The quantitative estimate of drug-likeness (QED) is 0.620. The molecule has 0 fully saturated rings. The van der Waals surface area contributed by atoms with E-state index in [0.717, 1.165) is 15.3 Å². The molecule has 0 N–H and O–H groups in total. The highest BCUT2D eigenvalue weighted by molar-refractivity contribution is 7.95. The Morgan fingerprint density at radius 2 is 1.78 bits per heavy atom. The molecule has 0 unspecified atom stereocenters. The van der Waals surface area contributed by atoms with E-state index in [1.54, 1.807) is 6.92 Å². The molecule has 0 saturated heterocycles. The SMILES string of the molecule is C/C(=C\S(=O)(=O)N(C)c1cccc([N+](=O)[O-])c1)c1ccccc1. The number of benzene rings is 2. The summed E-state index contributed by atoms with van der Waals surface area (Å²) in [5.74, 6) is 0. The summed E-state index contributed by atoms with van der Waals surface area (Å²) in [5, 5.41) is 12.0. The Balaban J connectivity index is 2.36. The summed E-state index contributed by atoms with van der Waals surface area (Å²) >= 11 is 0. The predicted octanol–water partition coefficient (Wildman–Crippen LogP) is 3.42. The fourth-order valence-electron chi connectivity index (χ4n) is 2.02. The first-order valence-electron chi connectivity index (χ1n) is 6.78. The number of rotatable bonds is 5. The van der Waals surface area contributed by atoms with Gasteiger partial charge in [0.2, 0.25) is 0 Å². The van der Waals surface area contributed by atoms with Crippen LogP contribution in [0.3, 0.4) is 0 Å². The number of hydrogen-bond donors (Lipinski definition) is 0. The maximum Gasteiger partial charge on any atom is 0.271 e. The Hall–Kier alpha value is -2.67. The van der Waals surface area contributed by atoms with E-state index in [4.69, 9.17) is 0 Å². The molecule has 0 amide bonds. The lowest BCUT2D eigenvalue weighted by atomic mass is 10.1. The van der Waals surface area contributed by atoms with Gasteiger partial charge < -0.3 is 0 Å². The molecule has 0 heterocycles. The van der Waals surface area contributed by atoms with Crippen LogP contribution in [0.15, 0.2) is 60.0 Å². The zero-order valence-electron chi connectivity index (χ0n) is 12.7. The molecular formula is C16H16N2O4S. The van der Waals surface area contributed by atoms with E-state index in [0.29, 0.717) is 5.57 Å². The molecule has 23 heavy (non-hydrogen) atoms. The standard InChI is InChI=1S/C16H16N2O4S/c1-13(14-7-4-3-5-8-14)12-23(21,22)17(2)15-9-6-10-16(11-15)18(19)20/h3-12H,1-2H3/b13-12+. The molecule has 2 aromatic rings. The molecule has 120 valence electrons. The summed E-state index contributed by atoms with van der Waals surface area (Å²) in [6, 6.07) is 14.6. The van der Waals surface area contributed by atoms with Gasteiger partial charge >= 0.3 is 0 Å². The summed E-state index contributed by atoms with van der Waals surface area (Å²) in [6.45, 7) is 1.70. The zero-order valence-corrected chi connectivity index (χ0v) is 13.5. The monoisotopic (exact) mass is 332 g/mol. The Morgan fingerprint density at radius 3 is 2.39 bits per heavy atom. The second kappa shape index (κ2) is 6.62. The number of nitro benzene ring substituents is 1. The van der Waals surface area contributed by atoms with Crippen molar-refractivity contribution in [3.63, 3.8) is 0 Å². The van der Waals surface area contributed by atoms with Crippen LogP contribution in [0.2, 0.25) is 0 Å². The maximum absolute atomic E-state index is 12.5. The number of non-ortho nitro benzene ring substituents is 1. The zero-order chi connectivity index (χ0) is 17.0. The third-order valence-corrected chi connectivity index (χ3v) is 4.97. The average molecular weight is 332 g/mol. The van der Waals surface area contributed by atoms with Crippen LogP contribution < -0.4 is 4.31 Å². The number of allylic oxidation sites excluding steroid dienone is 1. The van der Waals surface area contributed by atoms with Crippen molar-refractivity contribution < 1.29 is 13.3 Å². The minimum absolute atomic E-state index is 0.159. The van der Waals surface area contributed by atoms with Crippen LogP contribution >= 0.6 is 0 Å². The first-order valence-corrected chi connectivity index (χ1v) is 8.29. The first kappa shape index (κ1) is 16.7. The molecular weight excluding hydrogens is 316 g/mol. The number of hydrogen-bond acceptors (Lipinski definition) is 4. The molecule has 7 heteroatoms. The Morgan fingerprint density at radius 1 is 1.13 bits per heavy atom. The Bertz CT molecular complexity index is 845. The highest BCUT2D eigenvalue weighted by Gasteiger charge is 2.18. The van der Waals surface area contributed by atoms with Crippen LogP contribution in [-0.4, -0.2) is 20.4 Å². The third kappa shape index (κ3) is 3.95. The van der Waals surface area contributed by atoms with E-state index in [1.165, 1.54) is 31.3 Å². The van der Waals surface area contributed by atoms with Crippen molar-refractivity contribution >= 4 is 27.0 Å². The van der Waals surface area contributed by atoms with Gasteiger partial charge in [0.05, 0.1) is 16.0 Å². The molecule has 0 aromatic heterocycles. The number of nitrogens with zero attached hydrogens (tertiary/aromatic N) is 2. The Kier molecular flexibility index (Phi) is 4.80. The molecule has 2 rings (SSSR count). The van der Waals surface area contributed by atoms with Crippen LogP contribution in [0.1, 0.15) is 12.5 Å². The second-order valence-corrected chi connectivity index (χ2v) is 6.77. The molecule has 0 aliphatic carbocycles. The summed E-state index contributed by atoms with van der Waals surface area (Å²) in [4.78, 5) is 10.3. The van der Waals surface area contributed by atoms with Gasteiger partial charge in [0.1, 0.15) is 0 Å². The van der Waals surface area contributed by atoms with E-state index < -0.39 is 14.9 Å². The lowest BCUT2D eigenvalue weighted by Crippen LogP contribution is -2.24. The molecule has 0 aliphatic heterocycles. The van der Waals surface area contributed by atoms with Gasteiger partial charge in [-0.3, -0.25) is 14.4 Å². The van der Waals surface area contributed by atoms with Crippen molar-refractivity contribution in [3.8, 4) is 0 Å². The highest BCUT2D eigenvalue weighted by Crippen LogP contribution is 2.24. The van der Waals surface area contributed by atoms with Crippen molar-refractivity contribution in [1.29, 1.82) is 0 Å². The topological polar surface area (TPSA) is 80.5 Å². The summed E-state index contributed by atoms with van der Waals surface area (Å²) in [7, 11) is -2.39. The van der Waals surface area contributed by atoms with E-state index >= 15 is 0 Å². The van der Waals surface area contributed by atoms with Crippen LogP contribution in [-0.2, 0) is 10.0 Å². The van der Waals surface area contributed by atoms with E-state index in [1.807, 2.05) is 30.3 Å². The minimum Gasteiger partial charge on any atom is -0.270 e. The molecule has 0 radical (unpaired) electrons. The minimum atomic E-state index is -3.75. The lowest BCUT2D eigenvalue weighted by molar-refractivity contribution is -0.384. The molecule has 0 aliphatic rings. The van der Waals surface area contributed by atoms with Gasteiger partial charge in [-0.25, -0.2) is 8.42 Å². The highest BCUT2D eigenvalue weighted by atomic mass is 32.2. The van der Waals surface area contributed by atoms with Gasteiger partial charge in [-0.2, -0.15) is 0 Å². The second-order valence-electron chi connectivity index (χ2n) is 4.96. The van der Waals surface area contributed by atoms with Crippen molar-refractivity contribution in [2.45, 2.75) is 6.92 Å². The summed E-state index contributed by atoms with van der Waals surface area (Å²) < 4.78 is 26.0. The van der Waals surface area contributed by atoms with Gasteiger partial charge in [0.15, 0.2) is 0 Å². The molecule has 6 nitrogen and oxygen atoms in total. The lowest BCUT2D eigenvalue weighted by Gasteiger charge is -2.17. The number of sulfonamides is 1. The van der Waals surface area contributed by atoms with Gasteiger partial charge in [0, 0.05) is 19.2 Å². The van der Waals surface area contributed by atoms with Gasteiger partial charge in [0.25, 0.3) is 15.7 Å². The predicted molar refractivity (Wildman–Crippen MR) is 90.5 cm³/mol. The van der Waals surface area contributed by atoms with Crippen LogP contribution in [0.25, 0.3) is 5.57 Å². The number of nitro groups is 1. The average Bonchev–Trinajstić information content (AvgIpc) is 2.54. The normalized spacial score (nSPS) is 12.0. The molecule has 0 saturated carbocycles. The van der Waals surface area contributed by atoms with Crippen molar-refractivity contribution in [2.75, 3.05) is 11.4 Å². The third-order valence-electron chi connectivity index (χ3n) is 3.34. The fraction of sp³-hybridized carbons (Fsp3) is 0.125. The largest absolute Gasteiger partial charge is 0.271 e. The summed E-state index contributed by atoms with van der Waals surface area (Å²) in [5.41, 5.74) is 1.45. The molecule has 0 bridgehead atoms. The molecule has 0 atom stereocenters. The fourth-order valence-corrected chi connectivity index (χ4v) is 3.17. The van der Waals surface area contributed by atoms with Crippen LogP contribution in [0.5, 0.6) is 0 Å². The first-order chi connectivity index (χ1) is 10.8. The molecule has 0 spiro atoms. The van der Waals surface area contributed by atoms with Crippen LogP contribution in [0, 0.1) is 10.1 Å². The maximum atomic E-state index is 12.5. The van der Waals surface area contributed by atoms with Gasteiger partial charge in [-0.1, -0.05) is 36.4 Å². The smallest absolute Gasteiger partial charge is 0.270 e. The molecule has 2 aromatic carbocycles. The van der Waals surface area contributed by atoms with E-state index in [2.05, 4.69) is 0 Å². The summed E-state index contributed by atoms with van der Waals surface area (Å²) in [6.07, 6.45) is 0. The van der Waals surface area contributed by atoms with Gasteiger partial charge in [-0.05, 0) is 24.1 Å². The van der Waals surface area contributed by atoms with E-state index in [9.17, 15) is 18.5 Å². The van der Waals surface area contributed by atoms with Gasteiger partial charge in [-0.15, -0.1) is 0 Å². The van der Waals surface area contributed by atoms with Crippen molar-refractivity contribution in [2.24, 2.45) is 0 Å². The Labute approximate surface area is 134 Å². The van der Waals surface area contributed by atoms with Crippen molar-refractivity contribution in [1.82, 2.24) is 0 Å².